The Bertz CT molecular complexity index is 1570. The Morgan fingerprint density at radius 1 is 0.885 bits per heavy atom. The maximum Gasteiger partial charge on any atom is 0.306 e. The molecule has 21 atom stereocenters. The maximum atomic E-state index is 13.4. The number of carboxylic acid groups (broad SMARTS) is 1. The summed E-state index contributed by atoms with van der Waals surface area (Å²) in [7, 11) is 1.69. The summed E-state index contributed by atoms with van der Waals surface area (Å²) in [5, 5.41) is 42.6. The number of ketones is 1. The lowest BCUT2D eigenvalue weighted by Crippen LogP contribution is -2.61. The van der Waals surface area contributed by atoms with Gasteiger partial charge in [0.1, 0.15) is 5.60 Å². The summed E-state index contributed by atoms with van der Waals surface area (Å²) in [4.78, 5) is 24.9. The van der Waals surface area contributed by atoms with Crippen molar-refractivity contribution in [3.05, 3.63) is 11.6 Å². The third-order valence-corrected chi connectivity index (χ3v) is 15.8. The van der Waals surface area contributed by atoms with Crippen LogP contribution in [0.3, 0.4) is 0 Å². The van der Waals surface area contributed by atoms with E-state index in [9.17, 15) is 30.0 Å². The van der Waals surface area contributed by atoms with Gasteiger partial charge in [0.2, 0.25) is 0 Å². The molecule has 0 aromatic carbocycles. The second kappa shape index (κ2) is 18.7. The van der Waals surface area contributed by atoms with Crippen LogP contribution in [0.2, 0.25) is 0 Å². The normalized spacial score (nSPS) is 48.6. The fraction of sp³-hybridized carbons (Fsp3) is 0.915. The van der Waals surface area contributed by atoms with E-state index in [2.05, 4.69) is 20.8 Å². The van der Waals surface area contributed by atoms with Crippen molar-refractivity contribution in [1.29, 1.82) is 0 Å². The number of carbonyl (C=O) groups excluding carboxylic acids is 1. The standard InChI is InChI=1S/C47H78O14/c1-24(40(50)25(2)18-28(5)43(51)52)17-26(3)41-32(9)34(49)21-45(59-41)22-38(56-39-16-14-35(54-12)33(10)55-39)44(11,61-45)37-15-13-29(6)47(58-37)31(8)20-36(57-47)42-27(4)19-30(7)46(53,23-48)60-42/h17,25-39,41-42,48-49,53H,13-16,18-23H2,1-12H3,(H,51,52)/b24-17+/t25-,26+,27-,28+,29-,30+,31-,32?,33-,34+,35+,36+,37-,38?,39-,41-,42-,44-,45+,46-,47-/m1/s1. The van der Waals surface area contributed by atoms with Crippen LogP contribution < -0.4 is 0 Å². The fourth-order valence-electron chi connectivity index (χ4n) is 11.8. The van der Waals surface area contributed by atoms with Gasteiger partial charge in [-0.1, -0.05) is 61.5 Å². The molecule has 6 rings (SSSR count). The van der Waals surface area contributed by atoms with E-state index in [1.54, 1.807) is 27.9 Å². The SMILES string of the molecule is CO[C@H]1CC[C@@H](OC2C[C@]3(C[C@H](O)C(C)[C@@H]([C@@H](C)/C=C(\C)C(=O)[C@H](C)C[C@H](C)C(=O)O)O3)O[C@]2(C)[C@H]2CC[C@@H](C)[C@@]3(O[C@H]([C@@H]4O[C@](O)(CO)[C@@H](C)C[C@H]4C)C[C@H]3C)O2)O[C@@H]1C. The lowest BCUT2D eigenvalue weighted by atomic mass is 9.77. The van der Waals surface area contributed by atoms with Gasteiger partial charge < -0.3 is 58.3 Å². The Kier molecular flexibility index (Phi) is 15.0. The molecule has 0 aliphatic carbocycles. The number of allylic oxidation sites excluding steroid dienone is 1. The second-order valence-electron chi connectivity index (χ2n) is 20.6. The summed E-state index contributed by atoms with van der Waals surface area (Å²) >= 11 is 0. The number of Topliss-reactive ketones (excluding diaryl/α,β-unsaturated/α-hetero) is 1. The number of methoxy groups -OCH3 is 1. The average molecular weight is 867 g/mol. The van der Waals surface area contributed by atoms with E-state index in [1.165, 1.54) is 0 Å². The molecule has 350 valence electrons. The number of aliphatic carboxylic acids is 1. The Balaban J connectivity index is 1.27. The molecular formula is C47H78O14. The Morgan fingerprint density at radius 2 is 1.59 bits per heavy atom. The van der Waals surface area contributed by atoms with E-state index in [0.29, 0.717) is 37.7 Å². The highest BCUT2D eigenvalue weighted by Crippen LogP contribution is 2.57. The van der Waals surface area contributed by atoms with Crippen molar-refractivity contribution in [3.63, 3.8) is 0 Å². The molecular weight excluding hydrogens is 789 g/mol. The van der Waals surface area contributed by atoms with Crippen molar-refractivity contribution >= 4 is 11.8 Å². The zero-order valence-electron chi connectivity index (χ0n) is 38.8. The first-order valence-electron chi connectivity index (χ1n) is 23.2. The summed E-state index contributed by atoms with van der Waals surface area (Å²) in [6.07, 6.45) is 2.84. The third kappa shape index (κ3) is 9.57. The molecule has 0 aromatic heterocycles. The Labute approximate surface area is 363 Å². The number of carbonyl (C=O) groups is 2. The molecule has 0 bridgehead atoms. The van der Waals surface area contributed by atoms with Gasteiger partial charge in [0.25, 0.3) is 0 Å². The van der Waals surface area contributed by atoms with Gasteiger partial charge in [-0.05, 0) is 70.8 Å². The Hall–Kier alpha value is -1.56. The molecule has 61 heavy (non-hydrogen) atoms. The van der Waals surface area contributed by atoms with Crippen LogP contribution in [0, 0.1) is 47.3 Å². The summed E-state index contributed by atoms with van der Waals surface area (Å²) in [5.41, 5.74) is -0.548. The van der Waals surface area contributed by atoms with Crippen LogP contribution in [-0.2, 0) is 47.5 Å². The van der Waals surface area contributed by atoms with Crippen LogP contribution in [-0.4, -0.2) is 124 Å². The summed E-state index contributed by atoms with van der Waals surface area (Å²) < 4.78 is 54.1. The minimum absolute atomic E-state index is 0.0248. The fourth-order valence-corrected chi connectivity index (χ4v) is 11.8. The highest BCUT2D eigenvalue weighted by Gasteiger charge is 2.66. The predicted molar refractivity (Wildman–Crippen MR) is 224 cm³/mol. The molecule has 4 N–H and O–H groups in total. The minimum atomic E-state index is -1.65. The van der Waals surface area contributed by atoms with Crippen LogP contribution in [0.1, 0.15) is 134 Å². The Morgan fingerprint density at radius 3 is 2.23 bits per heavy atom. The number of aliphatic hydroxyl groups excluding tert-OH is 2. The van der Waals surface area contributed by atoms with Gasteiger partial charge in [-0.3, -0.25) is 9.59 Å². The van der Waals surface area contributed by atoms with Gasteiger partial charge in [-0.25, -0.2) is 0 Å². The van der Waals surface area contributed by atoms with Crippen molar-refractivity contribution in [2.45, 2.75) is 212 Å². The molecule has 6 saturated heterocycles. The molecule has 0 aromatic rings. The van der Waals surface area contributed by atoms with E-state index in [0.717, 1.165) is 12.8 Å². The van der Waals surface area contributed by atoms with Crippen molar-refractivity contribution in [1.82, 2.24) is 0 Å². The van der Waals surface area contributed by atoms with Crippen LogP contribution in [0.5, 0.6) is 0 Å². The highest BCUT2D eigenvalue weighted by atomic mass is 16.8. The van der Waals surface area contributed by atoms with Gasteiger partial charge in [0.15, 0.2) is 29.4 Å². The molecule has 0 saturated carbocycles. The smallest absolute Gasteiger partial charge is 0.306 e. The lowest BCUT2D eigenvalue weighted by Gasteiger charge is -2.52. The molecule has 14 nitrogen and oxygen atoms in total. The van der Waals surface area contributed by atoms with E-state index in [1.807, 2.05) is 40.7 Å². The topological polar surface area (TPSA) is 189 Å². The molecule has 6 fully saturated rings. The number of aliphatic hydroxyl groups is 3. The molecule has 2 unspecified atom stereocenters. The summed E-state index contributed by atoms with van der Waals surface area (Å²) in [6.45, 7) is 20.9. The molecule has 6 heterocycles. The lowest BCUT2D eigenvalue weighted by molar-refractivity contribution is -0.378. The van der Waals surface area contributed by atoms with Crippen LogP contribution in [0.15, 0.2) is 11.6 Å². The van der Waals surface area contributed by atoms with E-state index in [-0.39, 0.29) is 72.4 Å². The first-order valence-corrected chi connectivity index (χ1v) is 23.2. The summed E-state index contributed by atoms with van der Waals surface area (Å²) in [5.74, 6) is -6.78. The molecule has 0 amide bonds. The van der Waals surface area contributed by atoms with Gasteiger partial charge >= 0.3 is 5.97 Å². The van der Waals surface area contributed by atoms with Crippen LogP contribution in [0.4, 0.5) is 0 Å². The molecule has 2 spiro atoms. The van der Waals surface area contributed by atoms with Gasteiger partial charge in [0, 0.05) is 61.9 Å². The second-order valence-corrected chi connectivity index (χ2v) is 20.6. The number of ether oxygens (including phenoxy) is 8. The monoisotopic (exact) mass is 867 g/mol. The first-order chi connectivity index (χ1) is 28.5. The number of hydrogen-bond donors (Lipinski definition) is 4. The van der Waals surface area contributed by atoms with E-state index in [4.69, 9.17) is 37.9 Å². The van der Waals surface area contributed by atoms with E-state index >= 15 is 0 Å². The number of rotatable bonds is 13. The number of carboxylic acids is 1. The highest BCUT2D eigenvalue weighted by molar-refractivity contribution is 5.96. The predicted octanol–water partition coefficient (Wildman–Crippen LogP) is 6.15. The van der Waals surface area contributed by atoms with Crippen LogP contribution in [0.25, 0.3) is 0 Å². The van der Waals surface area contributed by atoms with Crippen molar-refractivity contribution in [2.24, 2.45) is 47.3 Å². The first kappa shape index (κ1) is 48.9. The quantitative estimate of drug-likeness (QED) is 0.154. The van der Waals surface area contributed by atoms with Gasteiger partial charge in [0.05, 0.1) is 61.4 Å². The zero-order valence-corrected chi connectivity index (χ0v) is 38.8. The average Bonchev–Trinajstić information content (AvgIpc) is 3.67. The largest absolute Gasteiger partial charge is 0.481 e. The third-order valence-electron chi connectivity index (χ3n) is 15.8. The van der Waals surface area contributed by atoms with Crippen molar-refractivity contribution in [3.8, 4) is 0 Å². The van der Waals surface area contributed by atoms with Gasteiger partial charge in [-0.15, -0.1) is 0 Å². The molecule has 14 heteroatoms. The molecule has 6 aliphatic heterocycles. The number of hydrogen-bond acceptors (Lipinski definition) is 13. The molecule has 6 aliphatic rings. The van der Waals surface area contributed by atoms with Crippen molar-refractivity contribution < 1.29 is 67.9 Å². The van der Waals surface area contributed by atoms with Crippen molar-refractivity contribution in [2.75, 3.05) is 13.7 Å². The minimum Gasteiger partial charge on any atom is -0.481 e. The maximum absolute atomic E-state index is 13.4. The summed E-state index contributed by atoms with van der Waals surface area (Å²) in [6, 6.07) is 0. The van der Waals surface area contributed by atoms with Gasteiger partial charge in [-0.2, -0.15) is 0 Å². The van der Waals surface area contributed by atoms with E-state index < -0.39 is 84.2 Å². The zero-order chi connectivity index (χ0) is 45.0. The van der Waals surface area contributed by atoms with Crippen LogP contribution >= 0.6 is 0 Å². The molecule has 0 radical (unpaired) electrons.